The van der Waals surface area contributed by atoms with Crippen molar-refractivity contribution in [1.82, 2.24) is 0 Å². The van der Waals surface area contributed by atoms with E-state index in [1.54, 1.807) is 6.92 Å². The van der Waals surface area contributed by atoms with Crippen molar-refractivity contribution >= 4 is 5.97 Å². The minimum Gasteiger partial charge on any atom is -0.478 e. The highest BCUT2D eigenvalue weighted by molar-refractivity contribution is 5.86. The highest BCUT2D eigenvalue weighted by Crippen LogP contribution is 2.28. The third-order valence-electron chi connectivity index (χ3n) is 10.6. The van der Waals surface area contributed by atoms with Crippen LogP contribution in [0.4, 0.5) is 0 Å². The van der Waals surface area contributed by atoms with Crippen LogP contribution in [0.25, 0.3) is 0 Å². The molecule has 3 rings (SSSR count). The smallest absolute Gasteiger partial charge is 0.331 e. The summed E-state index contributed by atoms with van der Waals surface area (Å²) in [6, 6.07) is 0. The van der Waals surface area contributed by atoms with Gasteiger partial charge in [0.25, 0.3) is 0 Å². The standard InChI is InChI=1S/C17H30O2.2C12H24/c1-14(15(2)17(18)19)16-12-10-8-6-4-3-5-7-9-11-13-16;2*1-2-4-6-8-10-12-11-9-7-5-3-1/h16H,3-13H2,1-2H3,(H,18,19);2*1-12H2. The van der Waals surface area contributed by atoms with Crippen molar-refractivity contribution in [3.05, 3.63) is 11.1 Å². The molecule has 2 nitrogen and oxygen atoms in total. The number of carboxylic acid groups (broad SMARTS) is 1. The SMILES string of the molecule is C1CCCCCCCCCCC1.C1CCCCCCCCCCC1.CC(C(=O)O)=C(C)C1CCCCCCCCCCC1. The third-order valence-corrected chi connectivity index (χ3v) is 10.6. The first-order valence-corrected chi connectivity index (χ1v) is 20.0. The molecule has 0 heterocycles. The largest absolute Gasteiger partial charge is 0.478 e. The molecule has 0 aromatic rings. The van der Waals surface area contributed by atoms with Crippen LogP contribution in [0.2, 0.25) is 0 Å². The van der Waals surface area contributed by atoms with Crippen molar-refractivity contribution in [3.63, 3.8) is 0 Å². The van der Waals surface area contributed by atoms with Crippen LogP contribution in [-0.2, 0) is 4.79 Å². The van der Waals surface area contributed by atoms with Gasteiger partial charge in [0.05, 0.1) is 0 Å². The lowest BCUT2D eigenvalue weighted by Gasteiger charge is -2.20. The Morgan fingerprint density at radius 2 is 0.512 bits per heavy atom. The molecule has 0 spiro atoms. The lowest BCUT2D eigenvalue weighted by molar-refractivity contribution is -0.132. The Labute approximate surface area is 271 Å². The lowest BCUT2D eigenvalue weighted by Crippen LogP contribution is -2.09. The fourth-order valence-corrected chi connectivity index (χ4v) is 7.31. The van der Waals surface area contributed by atoms with E-state index in [-0.39, 0.29) is 0 Å². The summed E-state index contributed by atoms with van der Waals surface area (Å²) in [7, 11) is 0. The Bertz CT molecular complexity index is 514. The fourth-order valence-electron chi connectivity index (χ4n) is 7.31. The molecular formula is C41H78O2. The van der Waals surface area contributed by atoms with Gasteiger partial charge in [0.1, 0.15) is 0 Å². The van der Waals surface area contributed by atoms with Gasteiger partial charge in [-0.2, -0.15) is 0 Å². The van der Waals surface area contributed by atoms with Gasteiger partial charge in [-0.1, -0.05) is 217 Å². The molecular weight excluding hydrogens is 524 g/mol. The number of rotatable bonds is 2. The Morgan fingerprint density at radius 3 is 0.674 bits per heavy atom. The summed E-state index contributed by atoms with van der Waals surface area (Å²) in [4.78, 5) is 11.1. The van der Waals surface area contributed by atoms with E-state index < -0.39 is 5.97 Å². The molecule has 3 saturated carbocycles. The first-order valence-electron chi connectivity index (χ1n) is 20.0. The monoisotopic (exact) mass is 603 g/mol. The molecule has 0 aromatic carbocycles. The predicted molar refractivity (Wildman–Crippen MR) is 191 cm³/mol. The summed E-state index contributed by atoms with van der Waals surface area (Å²) in [6.07, 6.45) is 50.4. The highest BCUT2D eigenvalue weighted by atomic mass is 16.4. The second-order valence-corrected chi connectivity index (χ2v) is 14.6. The van der Waals surface area contributed by atoms with Gasteiger partial charge in [-0.25, -0.2) is 4.79 Å². The van der Waals surface area contributed by atoms with E-state index >= 15 is 0 Å². The van der Waals surface area contributed by atoms with E-state index in [1.165, 1.54) is 225 Å². The minimum atomic E-state index is -0.747. The number of hydrogen-bond acceptors (Lipinski definition) is 1. The second-order valence-electron chi connectivity index (χ2n) is 14.6. The first kappa shape index (κ1) is 40.2. The van der Waals surface area contributed by atoms with Gasteiger partial charge in [-0.05, 0) is 32.6 Å². The Balaban J connectivity index is 0.000000337. The summed E-state index contributed by atoms with van der Waals surface area (Å²) in [6.45, 7) is 3.79. The highest BCUT2D eigenvalue weighted by Gasteiger charge is 2.16. The van der Waals surface area contributed by atoms with Crippen molar-refractivity contribution in [2.24, 2.45) is 5.92 Å². The zero-order valence-corrected chi connectivity index (χ0v) is 29.7. The molecule has 0 atom stereocenters. The maximum Gasteiger partial charge on any atom is 0.331 e. The number of hydrogen-bond donors (Lipinski definition) is 1. The van der Waals surface area contributed by atoms with Gasteiger partial charge in [0.2, 0.25) is 0 Å². The maximum atomic E-state index is 11.1. The van der Waals surface area contributed by atoms with Crippen LogP contribution in [0.5, 0.6) is 0 Å². The summed E-state index contributed by atoms with van der Waals surface area (Å²) in [5.41, 5.74) is 1.68. The van der Waals surface area contributed by atoms with Crippen LogP contribution >= 0.6 is 0 Å². The van der Waals surface area contributed by atoms with E-state index in [9.17, 15) is 4.79 Å². The molecule has 0 aliphatic heterocycles. The molecule has 3 aliphatic rings. The first-order chi connectivity index (χ1) is 21.1. The molecule has 0 aromatic heterocycles. The van der Waals surface area contributed by atoms with E-state index in [0.717, 1.165) is 5.57 Å². The van der Waals surface area contributed by atoms with Crippen LogP contribution in [0.1, 0.15) is 239 Å². The van der Waals surface area contributed by atoms with E-state index in [4.69, 9.17) is 5.11 Å². The van der Waals surface area contributed by atoms with Crippen molar-refractivity contribution in [3.8, 4) is 0 Å². The molecule has 0 saturated heterocycles. The van der Waals surface area contributed by atoms with Crippen LogP contribution in [-0.4, -0.2) is 11.1 Å². The summed E-state index contributed by atoms with van der Waals surface area (Å²) in [5.74, 6) is -0.251. The maximum absolute atomic E-state index is 11.1. The Kier molecular flexibility index (Phi) is 29.2. The molecule has 254 valence electrons. The van der Waals surface area contributed by atoms with Crippen molar-refractivity contribution in [1.29, 1.82) is 0 Å². The van der Waals surface area contributed by atoms with Gasteiger partial charge in [0.15, 0.2) is 0 Å². The molecule has 43 heavy (non-hydrogen) atoms. The third kappa shape index (κ3) is 26.2. The zero-order valence-electron chi connectivity index (χ0n) is 29.7. The molecule has 0 bridgehead atoms. The normalized spacial score (nSPS) is 23.1. The molecule has 3 fully saturated rings. The number of aliphatic carboxylic acids is 1. The van der Waals surface area contributed by atoms with Crippen LogP contribution in [0.15, 0.2) is 11.1 Å². The van der Waals surface area contributed by atoms with Gasteiger partial charge in [0, 0.05) is 5.57 Å². The van der Waals surface area contributed by atoms with E-state index in [2.05, 4.69) is 0 Å². The van der Waals surface area contributed by atoms with Crippen molar-refractivity contribution in [2.75, 3.05) is 0 Å². The van der Waals surface area contributed by atoms with E-state index in [0.29, 0.717) is 11.5 Å². The lowest BCUT2D eigenvalue weighted by atomic mass is 9.86. The van der Waals surface area contributed by atoms with Gasteiger partial charge in [-0.3, -0.25) is 0 Å². The zero-order chi connectivity index (χ0) is 31.1. The molecule has 2 heteroatoms. The predicted octanol–water partition coefficient (Wildman–Crippen LogP) is 14.7. The second kappa shape index (κ2) is 31.2. The quantitative estimate of drug-likeness (QED) is 0.319. The number of carbonyl (C=O) groups is 1. The van der Waals surface area contributed by atoms with Crippen LogP contribution in [0.3, 0.4) is 0 Å². The summed E-state index contributed by atoms with van der Waals surface area (Å²) >= 11 is 0. The summed E-state index contributed by atoms with van der Waals surface area (Å²) < 4.78 is 0. The molecule has 0 radical (unpaired) electrons. The van der Waals surface area contributed by atoms with Gasteiger partial charge in [-0.15, -0.1) is 0 Å². The molecule has 0 unspecified atom stereocenters. The minimum absolute atomic E-state index is 0.496. The fraction of sp³-hybridized carbons (Fsp3) is 0.927. The van der Waals surface area contributed by atoms with Crippen LogP contribution in [0, 0.1) is 5.92 Å². The topological polar surface area (TPSA) is 37.3 Å². The van der Waals surface area contributed by atoms with Crippen LogP contribution < -0.4 is 0 Å². The van der Waals surface area contributed by atoms with Crippen molar-refractivity contribution < 1.29 is 9.90 Å². The number of carboxylic acids is 1. The van der Waals surface area contributed by atoms with Gasteiger partial charge >= 0.3 is 5.97 Å². The summed E-state index contributed by atoms with van der Waals surface area (Å²) in [5, 5.41) is 9.13. The Morgan fingerprint density at radius 1 is 0.349 bits per heavy atom. The molecule has 1 N–H and O–H groups in total. The Hall–Kier alpha value is -0.790. The average molecular weight is 603 g/mol. The van der Waals surface area contributed by atoms with Gasteiger partial charge < -0.3 is 5.11 Å². The van der Waals surface area contributed by atoms with E-state index in [1.807, 2.05) is 6.92 Å². The molecule has 0 amide bonds. The average Bonchev–Trinajstić information content (AvgIpc) is 2.98. The van der Waals surface area contributed by atoms with Crippen molar-refractivity contribution in [2.45, 2.75) is 239 Å². The molecule has 3 aliphatic carbocycles. The number of allylic oxidation sites excluding steroid dienone is 1.